The second-order valence-corrected chi connectivity index (χ2v) is 2.62. The van der Waals surface area contributed by atoms with Crippen molar-refractivity contribution in [1.82, 2.24) is 4.98 Å². The molecule has 0 amide bonds. The Hall–Kier alpha value is -1.33. The lowest BCUT2D eigenvalue weighted by Gasteiger charge is -2.07. The van der Waals surface area contributed by atoms with Gasteiger partial charge in [0.2, 0.25) is 11.6 Å². The fraction of sp³-hybridized carbons (Fsp3) is 0.375. The van der Waals surface area contributed by atoms with Crippen LogP contribution in [0.2, 0.25) is 0 Å². The first-order valence-electron chi connectivity index (χ1n) is 4.01. The fourth-order valence-corrected chi connectivity index (χ4v) is 0.892. The minimum absolute atomic E-state index is 0.219. The first-order valence-corrected chi connectivity index (χ1v) is 4.01. The van der Waals surface area contributed by atoms with Crippen LogP contribution in [0.1, 0.15) is 13.3 Å². The predicted molar refractivity (Wildman–Crippen MR) is 42.8 cm³/mol. The highest BCUT2D eigenvalue weighted by atomic mass is 19.2. The summed E-state index contributed by atoms with van der Waals surface area (Å²) in [4.78, 5) is 2.42. The molecule has 78 valence electrons. The van der Waals surface area contributed by atoms with E-state index in [0.29, 0.717) is 6.42 Å². The summed E-state index contributed by atoms with van der Waals surface area (Å²) >= 11 is 0. The lowest BCUT2D eigenvalue weighted by molar-refractivity contribution is 0.410. The molecule has 0 saturated heterocycles. The highest BCUT2D eigenvalue weighted by molar-refractivity contribution is 5.45. The van der Waals surface area contributed by atoms with Gasteiger partial charge in [-0.15, -0.1) is 0 Å². The topological polar surface area (TPSA) is 24.9 Å². The van der Waals surface area contributed by atoms with Gasteiger partial charge in [-0.05, 0) is 6.42 Å². The molecule has 1 rings (SSSR count). The van der Waals surface area contributed by atoms with Crippen LogP contribution in [-0.4, -0.2) is 11.5 Å². The normalized spacial score (nSPS) is 10.4. The molecule has 0 unspecified atom stereocenters. The van der Waals surface area contributed by atoms with Crippen molar-refractivity contribution in [1.29, 1.82) is 0 Å². The van der Waals surface area contributed by atoms with Crippen molar-refractivity contribution < 1.29 is 17.6 Å². The van der Waals surface area contributed by atoms with E-state index in [1.54, 1.807) is 6.92 Å². The van der Waals surface area contributed by atoms with E-state index in [2.05, 4.69) is 10.3 Å². The van der Waals surface area contributed by atoms with Crippen LogP contribution >= 0.6 is 0 Å². The lowest BCUT2D eigenvalue weighted by atomic mass is 10.3. The number of halogens is 4. The Kier molecular flexibility index (Phi) is 3.27. The van der Waals surface area contributed by atoms with Gasteiger partial charge in [-0.1, -0.05) is 6.92 Å². The third-order valence-corrected chi connectivity index (χ3v) is 1.55. The lowest BCUT2D eigenvalue weighted by Crippen LogP contribution is -2.09. The van der Waals surface area contributed by atoms with Gasteiger partial charge in [-0.2, -0.15) is 22.5 Å². The summed E-state index contributed by atoms with van der Waals surface area (Å²) in [6.45, 7) is 1.97. The summed E-state index contributed by atoms with van der Waals surface area (Å²) in [5, 5.41) is 2.24. The molecular formula is C8H8F4N2. The maximum atomic E-state index is 12.9. The third-order valence-electron chi connectivity index (χ3n) is 1.55. The number of anilines is 1. The van der Waals surface area contributed by atoms with E-state index in [1.807, 2.05) is 0 Å². The first-order chi connectivity index (χ1) is 6.57. The smallest absolute Gasteiger partial charge is 0.253 e. The molecule has 6 heteroatoms. The van der Waals surface area contributed by atoms with Gasteiger partial charge in [0.1, 0.15) is 5.69 Å². The SMILES string of the molecule is CCCNc1c(F)c(F)nc(F)c1F. The molecule has 0 bridgehead atoms. The molecule has 1 heterocycles. The number of pyridine rings is 1. The first kappa shape index (κ1) is 10.7. The molecule has 0 atom stereocenters. The van der Waals surface area contributed by atoms with Gasteiger partial charge in [0.05, 0.1) is 0 Å². The maximum Gasteiger partial charge on any atom is 0.253 e. The van der Waals surface area contributed by atoms with E-state index in [-0.39, 0.29) is 6.54 Å². The number of nitrogens with one attached hydrogen (secondary N) is 1. The molecule has 0 aliphatic heterocycles. The Bertz CT molecular complexity index is 314. The highest BCUT2D eigenvalue weighted by Gasteiger charge is 2.19. The largest absolute Gasteiger partial charge is 0.380 e. The van der Waals surface area contributed by atoms with Gasteiger partial charge >= 0.3 is 0 Å². The molecule has 14 heavy (non-hydrogen) atoms. The molecule has 0 aliphatic carbocycles. The molecule has 0 saturated carbocycles. The predicted octanol–water partition coefficient (Wildman–Crippen LogP) is 2.46. The van der Waals surface area contributed by atoms with E-state index in [0.717, 1.165) is 0 Å². The van der Waals surface area contributed by atoms with Crippen LogP contribution < -0.4 is 5.32 Å². The van der Waals surface area contributed by atoms with Crippen LogP contribution in [0.25, 0.3) is 0 Å². The molecule has 1 aromatic heterocycles. The molecule has 0 spiro atoms. The number of rotatable bonds is 3. The number of aromatic nitrogens is 1. The van der Waals surface area contributed by atoms with Crippen molar-refractivity contribution in [2.75, 3.05) is 11.9 Å². The van der Waals surface area contributed by atoms with Gasteiger partial charge in [0.25, 0.3) is 11.9 Å². The molecule has 2 nitrogen and oxygen atoms in total. The molecule has 0 radical (unpaired) electrons. The van der Waals surface area contributed by atoms with Crippen LogP contribution in [0.5, 0.6) is 0 Å². The summed E-state index contributed by atoms with van der Waals surface area (Å²) in [5.74, 6) is -6.31. The second-order valence-electron chi connectivity index (χ2n) is 2.62. The van der Waals surface area contributed by atoms with E-state index < -0.39 is 29.2 Å². The van der Waals surface area contributed by atoms with E-state index in [1.165, 1.54) is 0 Å². The van der Waals surface area contributed by atoms with Crippen molar-refractivity contribution in [3.05, 3.63) is 23.5 Å². The average Bonchev–Trinajstić information content (AvgIpc) is 2.15. The second kappa shape index (κ2) is 4.26. The Labute approximate surface area is 78.0 Å². The standard InChI is InChI=1S/C8H8F4N2/c1-2-3-13-6-4(9)7(11)14-8(12)5(6)10/h2-3H2,1H3,(H,13,14). The van der Waals surface area contributed by atoms with Crippen molar-refractivity contribution in [2.24, 2.45) is 0 Å². The number of hydrogen-bond acceptors (Lipinski definition) is 2. The molecule has 1 N–H and O–H groups in total. The Balaban J connectivity index is 3.11. The van der Waals surface area contributed by atoms with Crippen molar-refractivity contribution >= 4 is 5.69 Å². The van der Waals surface area contributed by atoms with Crippen LogP contribution in [0.3, 0.4) is 0 Å². The minimum Gasteiger partial charge on any atom is -0.380 e. The van der Waals surface area contributed by atoms with Gasteiger partial charge in [0, 0.05) is 6.54 Å². The molecule has 1 aromatic rings. The van der Waals surface area contributed by atoms with Gasteiger partial charge in [0.15, 0.2) is 0 Å². The van der Waals surface area contributed by atoms with Gasteiger partial charge in [-0.25, -0.2) is 0 Å². The van der Waals surface area contributed by atoms with Crippen LogP contribution in [0, 0.1) is 23.5 Å². The Morgan fingerprint density at radius 3 is 2.00 bits per heavy atom. The maximum absolute atomic E-state index is 12.9. The zero-order valence-corrected chi connectivity index (χ0v) is 7.37. The summed E-state index contributed by atoms with van der Waals surface area (Å²) in [5.41, 5.74) is -0.808. The van der Waals surface area contributed by atoms with E-state index >= 15 is 0 Å². The summed E-state index contributed by atoms with van der Waals surface area (Å²) in [7, 11) is 0. The minimum atomic E-state index is -1.65. The van der Waals surface area contributed by atoms with E-state index in [9.17, 15) is 17.6 Å². The summed E-state index contributed by atoms with van der Waals surface area (Å²) in [6, 6.07) is 0. The van der Waals surface area contributed by atoms with Gasteiger partial charge < -0.3 is 5.32 Å². The summed E-state index contributed by atoms with van der Waals surface area (Å²) < 4.78 is 50.7. The summed E-state index contributed by atoms with van der Waals surface area (Å²) in [6.07, 6.45) is 0.574. The molecule has 0 aromatic carbocycles. The van der Waals surface area contributed by atoms with Gasteiger partial charge in [-0.3, -0.25) is 0 Å². The van der Waals surface area contributed by atoms with Crippen LogP contribution in [-0.2, 0) is 0 Å². The van der Waals surface area contributed by atoms with Crippen molar-refractivity contribution in [3.8, 4) is 0 Å². The molecule has 0 fully saturated rings. The quantitative estimate of drug-likeness (QED) is 0.609. The van der Waals surface area contributed by atoms with Crippen LogP contribution in [0.4, 0.5) is 23.2 Å². The number of nitrogens with zero attached hydrogens (tertiary/aromatic N) is 1. The van der Waals surface area contributed by atoms with Crippen molar-refractivity contribution in [3.63, 3.8) is 0 Å². The van der Waals surface area contributed by atoms with Crippen LogP contribution in [0.15, 0.2) is 0 Å². The third kappa shape index (κ3) is 1.94. The monoisotopic (exact) mass is 208 g/mol. The Morgan fingerprint density at radius 2 is 1.57 bits per heavy atom. The Morgan fingerprint density at radius 1 is 1.07 bits per heavy atom. The molecule has 0 aliphatic rings. The van der Waals surface area contributed by atoms with E-state index in [4.69, 9.17) is 0 Å². The zero-order chi connectivity index (χ0) is 10.7. The fourth-order valence-electron chi connectivity index (χ4n) is 0.892. The number of hydrogen-bond donors (Lipinski definition) is 1. The average molecular weight is 208 g/mol. The molecular weight excluding hydrogens is 200 g/mol. The highest BCUT2D eigenvalue weighted by Crippen LogP contribution is 2.21. The van der Waals surface area contributed by atoms with Crippen molar-refractivity contribution in [2.45, 2.75) is 13.3 Å². The zero-order valence-electron chi connectivity index (χ0n) is 7.37.